The van der Waals surface area contributed by atoms with Gasteiger partial charge in [-0.15, -0.1) is 0 Å². The first kappa shape index (κ1) is 11.1. The summed E-state index contributed by atoms with van der Waals surface area (Å²) in [5.41, 5.74) is 4.73. The molecular weight excluding hydrogens is 248 g/mol. The summed E-state index contributed by atoms with van der Waals surface area (Å²) in [6.45, 7) is 1.99. The van der Waals surface area contributed by atoms with E-state index in [1.165, 1.54) is 0 Å². The molecule has 0 aliphatic rings. The van der Waals surface area contributed by atoms with Crippen LogP contribution in [0.2, 0.25) is 0 Å². The molecule has 0 spiro atoms. The number of aromatic nitrogens is 4. The van der Waals surface area contributed by atoms with Crippen LogP contribution in [0, 0.1) is 6.92 Å². The fourth-order valence-corrected chi connectivity index (χ4v) is 2.49. The number of fused-ring (bicyclic) bond motifs is 2. The minimum absolute atomic E-state index is 0.876. The van der Waals surface area contributed by atoms with Crippen LogP contribution in [0.3, 0.4) is 0 Å². The van der Waals surface area contributed by atoms with E-state index in [1.807, 2.05) is 37.3 Å². The molecule has 96 valence electrons. The van der Waals surface area contributed by atoms with E-state index in [0.29, 0.717) is 0 Å². The van der Waals surface area contributed by atoms with E-state index in [9.17, 15) is 0 Å². The van der Waals surface area contributed by atoms with Crippen LogP contribution in [0.15, 0.2) is 48.7 Å². The Bertz CT molecular complexity index is 924. The van der Waals surface area contributed by atoms with Crippen LogP contribution in [-0.2, 0) is 0 Å². The van der Waals surface area contributed by atoms with Gasteiger partial charge in [0.05, 0.1) is 16.7 Å². The first-order chi connectivity index (χ1) is 9.83. The van der Waals surface area contributed by atoms with Gasteiger partial charge in [-0.25, -0.2) is 4.98 Å². The lowest BCUT2D eigenvalue weighted by atomic mass is 10.1. The molecule has 20 heavy (non-hydrogen) atoms. The molecule has 4 rings (SSSR count). The molecule has 4 heteroatoms. The minimum Gasteiger partial charge on any atom is -0.277 e. The van der Waals surface area contributed by atoms with Crippen molar-refractivity contribution in [1.82, 2.24) is 20.2 Å². The van der Waals surface area contributed by atoms with Gasteiger partial charge in [0.2, 0.25) is 0 Å². The molecule has 1 N–H and O–H groups in total. The number of aryl methyl sites for hydroxylation is 1. The summed E-state index contributed by atoms with van der Waals surface area (Å²) in [5.74, 6) is 0. The van der Waals surface area contributed by atoms with E-state index >= 15 is 0 Å². The van der Waals surface area contributed by atoms with Crippen molar-refractivity contribution in [3.8, 4) is 11.4 Å². The van der Waals surface area contributed by atoms with Crippen molar-refractivity contribution in [1.29, 1.82) is 0 Å². The van der Waals surface area contributed by atoms with Gasteiger partial charge >= 0.3 is 0 Å². The second-order valence-electron chi connectivity index (χ2n) is 4.78. The Morgan fingerprint density at radius 3 is 2.80 bits per heavy atom. The van der Waals surface area contributed by atoms with Crippen molar-refractivity contribution in [2.24, 2.45) is 0 Å². The molecule has 4 nitrogen and oxygen atoms in total. The predicted octanol–water partition coefficient (Wildman–Crippen LogP) is 3.48. The smallest absolute Gasteiger partial charge is 0.118 e. The van der Waals surface area contributed by atoms with Crippen molar-refractivity contribution >= 4 is 21.8 Å². The highest BCUT2D eigenvalue weighted by molar-refractivity contribution is 5.93. The molecule has 0 aliphatic carbocycles. The highest BCUT2D eigenvalue weighted by Crippen LogP contribution is 2.26. The topological polar surface area (TPSA) is 54.5 Å². The number of H-pyrrole nitrogens is 1. The summed E-state index contributed by atoms with van der Waals surface area (Å²) in [6, 6.07) is 14.1. The lowest BCUT2D eigenvalue weighted by molar-refractivity contribution is 1.11. The van der Waals surface area contributed by atoms with Crippen LogP contribution in [0.5, 0.6) is 0 Å². The van der Waals surface area contributed by atoms with Gasteiger partial charge in [0.1, 0.15) is 5.69 Å². The van der Waals surface area contributed by atoms with E-state index in [1.54, 1.807) is 6.20 Å². The van der Waals surface area contributed by atoms with Gasteiger partial charge in [-0.2, -0.15) is 5.10 Å². The average Bonchev–Trinajstić information content (AvgIpc) is 2.91. The molecule has 0 atom stereocenters. The summed E-state index contributed by atoms with van der Waals surface area (Å²) in [7, 11) is 0. The van der Waals surface area contributed by atoms with Crippen molar-refractivity contribution < 1.29 is 0 Å². The maximum absolute atomic E-state index is 4.71. The monoisotopic (exact) mass is 260 g/mol. The number of nitrogens with one attached hydrogen (secondary N) is 1. The number of hydrogen-bond donors (Lipinski definition) is 1. The van der Waals surface area contributed by atoms with Gasteiger partial charge in [-0.3, -0.25) is 10.1 Å². The van der Waals surface area contributed by atoms with E-state index in [0.717, 1.165) is 38.9 Å². The summed E-state index contributed by atoms with van der Waals surface area (Å²) < 4.78 is 0. The third kappa shape index (κ3) is 1.58. The Balaban J connectivity index is 1.98. The highest BCUT2D eigenvalue weighted by atomic mass is 15.1. The van der Waals surface area contributed by atoms with Gasteiger partial charge in [0, 0.05) is 22.7 Å². The zero-order chi connectivity index (χ0) is 13.5. The van der Waals surface area contributed by atoms with Crippen LogP contribution in [0.1, 0.15) is 5.69 Å². The molecule has 0 fully saturated rings. The highest BCUT2D eigenvalue weighted by Gasteiger charge is 2.10. The van der Waals surface area contributed by atoms with Gasteiger partial charge < -0.3 is 0 Å². The normalized spacial score (nSPS) is 11.2. The van der Waals surface area contributed by atoms with Crippen LogP contribution in [0.4, 0.5) is 0 Å². The first-order valence-corrected chi connectivity index (χ1v) is 6.49. The second kappa shape index (κ2) is 4.13. The van der Waals surface area contributed by atoms with Gasteiger partial charge in [-0.1, -0.05) is 18.2 Å². The number of nitrogens with zero attached hydrogens (tertiary/aromatic N) is 3. The third-order valence-corrected chi connectivity index (χ3v) is 3.53. The Morgan fingerprint density at radius 2 is 1.85 bits per heavy atom. The van der Waals surface area contributed by atoms with E-state index < -0.39 is 0 Å². The number of rotatable bonds is 1. The Kier molecular flexibility index (Phi) is 2.29. The zero-order valence-electron chi connectivity index (χ0n) is 11.0. The zero-order valence-corrected chi connectivity index (χ0v) is 11.0. The molecular formula is C16H12N4. The lowest BCUT2D eigenvalue weighted by Gasteiger charge is -2.03. The standard InChI is InChI=1S/C16H12N4/c1-10-11-6-7-15(18-13(11)8-9-17-10)16-12-4-2-3-5-14(12)19-20-16/h2-9H,1H3,(H,19,20). The van der Waals surface area contributed by atoms with Gasteiger partial charge in [0.15, 0.2) is 0 Å². The number of pyridine rings is 2. The summed E-state index contributed by atoms with van der Waals surface area (Å²) in [5, 5.41) is 9.60. The van der Waals surface area contributed by atoms with Crippen molar-refractivity contribution in [2.75, 3.05) is 0 Å². The Morgan fingerprint density at radius 1 is 0.950 bits per heavy atom. The molecule has 0 radical (unpaired) electrons. The van der Waals surface area contributed by atoms with Gasteiger partial charge in [0.25, 0.3) is 0 Å². The van der Waals surface area contributed by atoms with Crippen LogP contribution >= 0.6 is 0 Å². The van der Waals surface area contributed by atoms with Crippen molar-refractivity contribution in [2.45, 2.75) is 6.92 Å². The number of para-hydroxylation sites is 1. The third-order valence-electron chi connectivity index (χ3n) is 3.53. The maximum atomic E-state index is 4.71. The largest absolute Gasteiger partial charge is 0.277 e. The Hall–Kier alpha value is -2.75. The fraction of sp³-hybridized carbons (Fsp3) is 0.0625. The van der Waals surface area contributed by atoms with E-state index in [-0.39, 0.29) is 0 Å². The molecule has 3 aromatic heterocycles. The average molecular weight is 260 g/mol. The SMILES string of the molecule is Cc1nccc2nc(-c3n[nH]c4ccccc34)ccc12. The summed E-state index contributed by atoms with van der Waals surface area (Å²) >= 11 is 0. The molecule has 3 heterocycles. The molecule has 0 saturated heterocycles. The quantitative estimate of drug-likeness (QED) is 0.570. The first-order valence-electron chi connectivity index (χ1n) is 6.49. The van der Waals surface area contributed by atoms with E-state index in [2.05, 4.69) is 27.3 Å². The van der Waals surface area contributed by atoms with Crippen molar-refractivity contribution in [3.05, 3.63) is 54.4 Å². The molecule has 0 aliphatic heterocycles. The molecule has 0 saturated carbocycles. The van der Waals surface area contributed by atoms with Crippen LogP contribution in [-0.4, -0.2) is 20.2 Å². The van der Waals surface area contributed by atoms with Crippen molar-refractivity contribution in [3.63, 3.8) is 0 Å². The number of benzene rings is 1. The summed E-state index contributed by atoms with van der Waals surface area (Å²) in [4.78, 5) is 8.99. The predicted molar refractivity (Wildman–Crippen MR) is 79.4 cm³/mol. The second-order valence-corrected chi connectivity index (χ2v) is 4.78. The molecule has 0 amide bonds. The summed E-state index contributed by atoms with van der Waals surface area (Å²) in [6.07, 6.45) is 1.79. The van der Waals surface area contributed by atoms with E-state index in [4.69, 9.17) is 4.98 Å². The maximum Gasteiger partial charge on any atom is 0.118 e. The Labute approximate surface area is 115 Å². The van der Waals surface area contributed by atoms with Crippen LogP contribution in [0.25, 0.3) is 33.2 Å². The minimum atomic E-state index is 0.876. The molecule has 0 bridgehead atoms. The number of hydrogen-bond acceptors (Lipinski definition) is 3. The molecule has 4 aromatic rings. The molecule has 0 unspecified atom stereocenters. The molecule has 1 aromatic carbocycles. The lowest BCUT2D eigenvalue weighted by Crippen LogP contribution is -1.89. The fourth-order valence-electron chi connectivity index (χ4n) is 2.49. The number of aromatic amines is 1. The van der Waals surface area contributed by atoms with Crippen LogP contribution < -0.4 is 0 Å². The van der Waals surface area contributed by atoms with Gasteiger partial charge in [-0.05, 0) is 31.2 Å².